The number of aromatic nitrogens is 5. The van der Waals surface area contributed by atoms with Crippen molar-refractivity contribution >= 4 is 10.9 Å². The van der Waals surface area contributed by atoms with Gasteiger partial charge in [-0.1, -0.05) is 42.5 Å². The van der Waals surface area contributed by atoms with E-state index in [-0.39, 0.29) is 0 Å². The van der Waals surface area contributed by atoms with Crippen molar-refractivity contribution < 1.29 is 0 Å². The van der Waals surface area contributed by atoms with Crippen molar-refractivity contribution in [3.8, 4) is 22.6 Å². The summed E-state index contributed by atoms with van der Waals surface area (Å²) in [6.45, 7) is 0.534. The average molecular weight is 304 g/mol. The summed E-state index contributed by atoms with van der Waals surface area (Å²) >= 11 is 0. The van der Waals surface area contributed by atoms with Gasteiger partial charge in [-0.2, -0.15) is 4.80 Å². The number of para-hydroxylation sites is 1. The molecule has 3 N–H and O–H groups in total. The number of hydrogen-bond donors (Lipinski definition) is 2. The molecule has 0 aliphatic rings. The molecule has 0 aliphatic heterocycles. The molecule has 0 saturated heterocycles. The van der Waals surface area contributed by atoms with Crippen molar-refractivity contribution in [2.75, 3.05) is 0 Å². The zero-order valence-corrected chi connectivity index (χ0v) is 12.7. The van der Waals surface area contributed by atoms with E-state index in [1.807, 2.05) is 30.3 Å². The Balaban J connectivity index is 1.98. The van der Waals surface area contributed by atoms with Crippen molar-refractivity contribution in [1.29, 1.82) is 0 Å². The molecule has 0 spiro atoms. The number of rotatable bonds is 3. The van der Waals surface area contributed by atoms with E-state index < -0.39 is 0 Å². The number of H-pyrrole nitrogens is 1. The number of tetrazole rings is 1. The molecular weight excluding hydrogens is 288 g/mol. The van der Waals surface area contributed by atoms with Gasteiger partial charge in [0.25, 0.3) is 0 Å². The number of benzene rings is 2. The minimum atomic E-state index is 0.534. The van der Waals surface area contributed by atoms with Crippen LogP contribution in [-0.4, -0.2) is 25.2 Å². The van der Waals surface area contributed by atoms with E-state index in [0.29, 0.717) is 12.4 Å². The summed E-state index contributed by atoms with van der Waals surface area (Å²) < 4.78 is 0. The largest absolute Gasteiger partial charge is 0.351 e. The molecule has 0 radical (unpaired) electrons. The van der Waals surface area contributed by atoms with E-state index in [9.17, 15) is 0 Å². The first-order valence-corrected chi connectivity index (χ1v) is 7.40. The molecule has 0 fully saturated rings. The molecule has 4 rings (SSSR count). The van der Waals surface area contributed by atoms with Gasteiger partial charge >= 0.3 is 0 Å². The van der Waals surface area contributed by atoms with Crippen molar-refractivity contribution in [2.45, 2.75) is 6.54 Å². The maximum Gasteiger partial charge on any atom is 0.221 e. The molecule has 2 aromatic heterocycles. The summed E-state index contributed by atoms with van der Waals surface area (Å²) in [6.07, 6.45) is 0. The van der Waals surface area contributed by atoms with Gasteiger partial charge in [-0.25, -0.2) is 0 Å². The fraction of sp³-hybridized carbons (Fsp3) is 0.118. The topological polar surface area (TPSA) is 85.4 Å². The Morgan fingerprint density at radius 1 is 1.09 bits per heavy atom. The summed E-state index contributed by atoms with van der Waals surface area (Å²) in [7, 11) is 1.76. The maximum absolute atomic E-state index is 5.70. The highest BCUT2D eigenvalue weighted by Gasteiger charge is 2.18. The smallest absolute Gasteiger partial charge is 0.221 e. The molecule has 23 heavy (non-hydrogen) atoms. The van der Waals surface area contributed by atoms with Crippen LogP contribution in [0.5, 0.6) is 0 Å². The molecule has 6 nitrogen and oxygen atoms in total. The van der Waals surface area contributed by atoms with Gasteiger partial charge in [0.05, 0.1) is 12.7 Å². The van der Waals surface area contributed by atoms with Crippen LogP contribution in [0.4, 0.5) is 0 Å². The Morgan fingerprint density at radius 3 is 2.57 bits per heavy atom. The van der Waals surface area contributed by atoms with E-state index in [4.69, 9.17) is 5.73 Å². The van der Waals surface area contributed by atoms with E-state index in [0.717, 1.165) is 33.3 Å². The molecule has 2 aromatic carbocycles. The number of hydrogen-bond acceptors (Lipinski definition) is 4. The third-order valence-electron chi connectivity index (χ3n) is 3.92. The number of nitrogens with two attached hydrogens (primary N) is 1. The number of aryl methyl sites for hydroxylation is 1. The summed E-state index contributed by atoms with van der Waals surface area (Å²) in [4.78, 5) is 4.88. The van der Waals surface area contributed by atoms with E-state index in [2.05, 4.69) is 38.6 Å². The van der Waals surface area contributed by atoms with Gasteiger partial charge in [-0.15, -0.1) is 10.2 Å². The van der Waals surface area contributed by atoms with Crippen LogP contribution < -0.4 is 5.73 Å². The molecule has 2 heterocycles. The molecule has 114 valence electrons. The Labute approximate surface area is 132 Å². The quantitative estimate of drug-likeness (QED) is 0.609. The van der Waals surface area contributed by atoms with Gasteiger partial charge in [0.2, 0.25) is 5.82 Å². The standard InChI is InChI=1S/C17H16N6/c1-23-21-17(20-22-23)16-15(12-8-6-11(10-18)7-9-12)13-4-2-3-5-14(13)19-16/h2-9,19H,10,18H2,1H3. The van der Waals surface area contributed by atoms with Crippen molar-refractivity contribution in [2.24, 2.45) is 12.8 Å². The van der Waals surface area contributed by atoms with Crippen LogP contribution in [0, 0.1) is 0 Å². The second-order valence-electron chi connectivity index (χ2n) is 5.42. The molecule has 0 unspecified atom stereocenters. The lowest BCUT2D eigenvalue weighted by Gasteiger charge is -2.04. The van der Waals surface area contributed by atoms with Crippen LogP contribution in [0.25, 0.3) is 33.5 Å². The zero-order chi connectivity index (χ0) is 15.8. The minimum Gasteiger partial charge on any atom is -0.351 e. The van der Waals surface area contributed by atoms with Gasteiger partial charge in [-0.05, 0) is 22.4 Å². The fourth-order valence-electron chi connectivity index (χ4n) is 2.80. The summed E-state index contributed by atoms with van der Waals surface area (Å²) in [5, 5.41) is 13.6. The van der Waals surface area contributed by atoms with Crippen molar-refractivity contribution in [1.82, 2.24) is 25.2 Å². The number of nitrogens with zero attached hydrogens (tertiary/aromatic N) is 4. The van der Waals surface area contributed by atoms with Crippen LogP contribution in [0.3, 0.4) is 0 Å². The number of nitrogens with one attached hydrogen (secondary N) is 1. The van der Waals surface area contributed by atoms with Crippen LogP contribution in [0.2, 0.25) is 0 Å². The molecule has 0 saturated carbocycles. The van der Waals surface area contributed by atoms with Gasteiger partial charge in [0.1, 0.15) is 0 Å². The number of aromatic amines is 1. The SMILES string of the molecule is Cn1nnc(-c2[nH]c3ccccc3c2-c2ccc(CN)cc2)n1. The van der Waals surface area contributed by atoms with Crippen LogP contribution >= 0.6 is 0 Å². The molecule has 0 bridgehead atoms. The predicted molar refractivity (Wildman–Crippen MR) is 89.4 cm³/mol. The first kappa shape index (κ1) is 13.7. The highest BCUT2D eigenvalue weighted by atomic mass is 15.6. The molecule has 0 amide bonds. The van der Waals surface area contributed by atoms with Crippen LogP contribution in [0.15, 0.2) is 48.5 Å². The highest BCUT2D eigenvalue weighted by molar-refractivity contribution is 6.02. The Hall–Kier alpha value is -2.99. The maximum atomic E-state index is 5.70. The van der Waals surface area contributed by atoms with Crippen LogP contribution in [-0.2, 0) is 13.6 Å². The summed E-state index contributed by atoms with van der Waals surface area (Å²) in [5.74, 6) is 0.585. The third-order valence-corrected chi connectivity index (χ3v) is 3.92. The third kappa shape index (κ3) is 2.29. The lowest BCUT2D eigenvalue weighted by atomic mass is 10.0. The molecule has 0 atom stereocenters. The Morgan fingerprint density at radius 2 is 1.87 bits per heavy atom. The fourth-order valence-corrected chi connectivity index (χ4v) is 2.80. The van der Waals surface area contributed by atoms with Gasteiger partial charge in [0.15, 0.2) is 0 Å². The average Bonchev–Trinajstić information content (AvgIpc) is 3.18. The van der Waals surface area contributed by atoms with Gasteiger partial charge in [-0.3, -0.25) is 0 Å². The lowest BCUT2D eigenvalue weighted by molar-refractivity contribution is 0.630. The second-order valence-corrected chi connectivity index (χ2v) is 5.42. The van der Waals surface area contributed by atoms with Gasteiger partial charge in [0, 0.05) is 23.0 Å². The molecule has 0 aliphatic carbocycles. The first-order valence-electron chi connectivity index (χ1n) is 7.40. The molecule has 6 heteroatoms. The van der Waals surface area contributed by atoms with Crippen molar-refractivity contribution in [3.63, 3.8) is 0 Å². The second kappa shape index (κ2) is 5.33. The van der Waals surface area contributed by atoms with Crippen LogP contribution in [0.1, 0.15) is 5.56 Å². The van der Waals surface area contributed by atoms with Crippen molar-refractivity contribution in [3.05, 3.63) is 54.1 Å². The normalized spacial score (nSPS) is 11.2. The van der Waals surface area contributed by atoms with E-state index in [1.165, 1.54) is 4.80 Å². The highest BCUT2D eigenvalue weighted by Crippen LogP contribution is 2.36. The predicted octanol–water partition coefficient (Wildman–Crippen LogP) is 2.48. The number of fused-ring (bicyclic) bond motifs is 1. The molecule has 4 aromatic rings. The summed E-state index contributed by atoms with van der Waals surface area (Å²) in [6, 6.07) is 16.4. The van der Waals surface area contributed by atoms with E-state index >= 15 is 0 Å². The minimum absolute atomic E-state index is 0.534. The lowest BCUT2D eigenvalue weighted by Crippen LogP contribution is -1.95. The van der Waals surface area contributed by atoms with Gasteiger partial charge < -0.3 is 10.7 Å². The zero-order valence-electron chi connectivity index (χ0n) is 12.7. The van der Waals surface area contributed by atoms with E-state index in [1.54, 1.807) is 7.05 Å². The Kier molecular flexibility index (Phi) is 3.17. The summed E-state index contributed by atoms with van der Waals surface area (Å²) in [5.41, 5.74) is 10.9. The monoisotopic (exact) mass is 304 g/mol. The Bertz CT molecular complexity index is 964. The first-order chi connectivity index (χ1) is 11.3. The molecular formula is C17H16N6.